The Bertz CT molecular complexity index is 399. The third-order valence-electron chi connectivity index (χ3n) is 1.66. The molecule has 1 aromatic carbocycles. The van der Waals surface area contributed by atoms with Gasteiger partial charge in [-0.25, -0.2) is 0 Å². The summed E-state index contributed by atoms with van der Waals surface area (Å²) in [5.41, 5.74) is 0. The highest BCUT2D eigenvalue weighted by Gasteiger charge is 2.06. The Morgan fingerprint density at radius 3 is 2.20 bits per heavy atom. The van der Waals surface area contributed by atoms with Crippen molar-refractivity contribution in [3.05, 3.63) is 24.3 Å². The minimum atomic E-state index is -4.46. The first-order valence-electron chi connectivity index (χ1n) is 4.20. The molecular weight excluding hydrogens is 223 g/mol. The molecule has 0 unspecified atom stereocenters. The van der Waals surface area contributed by atoms with Crippen molar-refractivity contribution in [3.8, 4) is 11.5 Å². The van der Waals surface area contributed by atoms with Gasteiger partial charge < -0.3 is 9.47 Å². The fraction of sp³-hybridized carbons (Fsp3) is 0.333. The van der Waals surface area contributed by atoms with Crippen molar-refractivity contribution >= 4 is 10.2 Å². The molecule has 0 saturated carbocycles. The van der Waals surface area contributed by atoms with Crippen LogP contribution in [0.1, 0.15) is 0 Å². The van der Waals surface area contributed by atoms with Crippen molar-refractivity contribution < 1.29 is 21.8 Å². The summed E-state index contributed by atoms with van der Waals surface area (Å²) in [4.78, 5) is 0. The summed E-state index contributed by atoms with van der Waals surface area (Å²) in [6.07, 6.45) is 0. The van der Waals surface area contributed by atoms with Crippen LogP contribution < -0.4 is 9.47 Å². The van der Waals surface area contributed by atoms with E-state index in [0.717, 1.165) is 0 Å². The van der Waals surface area contributed by atoms with Gasteiger partial charge in [-0.1, -0.05) is 0 Å². The molecule has 0 saturated heterocycles. The van der Waals surface area contributed by atoms with E-state index in [4.69, 9.17) is 9.47 Å². The second kappa shape index (κ2) is 4.97. The average Bonchev–Trinajstić information content (AvgIpc) is 2.17. The maximum absolute atomic E-state index is 12.1. The van der Waals surface area contributed by atoms with Crippen LogP contribution in [0.15, 0.2) is 24.3 Å². The van der Waals surface area contributed by atoms with Crippen LogP contribution in [0, 0.1) is 0 Å². The van der Waals surface area contributed by atoms with Crippen molar-refractivity contribution in [2.45, 2.75) is 0 Å². The fourth-order valence-corrected chi connectivity index (χ4v) is 1.21. The van der Waals surface area contributed by atoms with Crippen molar-refractivity contribution in [2.24, 2.45) is 0 Å². The van der Waals surface area contributed by atoms with Gasteiger partial charge in [0.05, 0.1) is 7.11 Å². The van der Waals surface area contributed by atoms with Gasteiger partial charge in [0.25, 0.3) is 0 Å². The minimum Gasteiger partial charge on any atom is -0.497 e. The summed E-state index contributed by atoms with van der Waals surface area (Å²) in [5, 5.41) is 0. The van der Waals surface area contributed by atoms with Crippen LogP contribution in [0.25, 0.3) is 0 Å². The largest absolute Gasteiger partial charge is 0.497 e. The topological polar surface area (TPSA) is 52.6 Å². The molecule has 1 rings (SSSR count). The Hall–Kier alpha value is -1.30. The van der Waals surface area contributed by atoms with Gasteiger partial charge in [0.2, 0.25) is 0 Å². The Morgan fingerprint density at radius 2 is 1.73 bits per heavy atom. The molecule has 0 aliphatic carbocycles. The first-order chi connectivity index (χ1) is 7.01. The Labute approximate surface area is 87.8 Å². The first kappa shape index (κ1) is 11.8. The lowest BCUT2D eigenvalue weighted by Gasteiger charge is -2.05. The average molecular weight is 234 g/mol. The second-order valence-corrected chi connectivity index (χ2v) is 4.25. The number of hydrogen-bond donors (Lipinski definition) is 0. The normalized spacial score (nSPS) is 11.1. The summed E-state index contributed by atoms with van der Waals surface area (Å²) in [5.74, 6) is 0.499. The molecule has 4 nitrogen and oxygen atoms in total. The zero-order valence-electron chi connectivity index (χ0n) is 8.14. The maximum atomic E-state index is 12.1. The lowest BCUT2D eigenvalue weighted by molar-refractivity contribution is 0.337. The van der Waals surface area contributed by atoms with E-state index >= 15 is 0 Å². The molecule has 0 N–H and O–H groups in total. The van der Waals surface area contributed by atoms with Gasteiger partial charge in [-0.05, 0) is 24.3 Å². The fourth-order valence-electron chi connectivity index (χ4n) is 0.931. The molecule has 1 aromatic rings. The highest BCUT2D eigenvalue weighted by Crippen LogP contribution is 2.16. The smallest absolute Gasteiger partial charge is 0.305 e. The molecule has 0 bridgehead atoms. The van der Waals surface area contributed by atoms with Crippen LogP contribution in [0.3, 0.4) is 0 Å². The van der Waals surface area contributed by atoms with Gasteiger partial charge in [0.1, 0.15) is 23.9 Å². The lowest BCUT2D eigenvalue weighted by Crippen LogP contribution is -2.09. The van der Waals surface area contributed by atoms with Gasteiger partial charge in [-0.2, -0.15) is 8.42 Å². The van der Waals surface area contributed by atoms with Crippen molar-refractivity contribution in [2.75, 3.05) is 19.5 Å². The zero-order valence-corrected chi connectivity index (χ0v) is 8.96. The van der Waals surface area contributed by atoms with Crippen LogP contribution >= 0.6 is 0 Å². The third kappa shape index (κ3) is 4.64. The number of hydrogen-bond acceptors (Lipinski definition) is 4. The van der Waals surface area contributed by atoms with E-state index in [1.165, 1.54) is 7.11 Å². The molecule has 0 aliphatic rings. The van der Waals surface area contributed by atoms with Gasteiger partial charge >= 0.3 is 10.2 Å². The summed E-state index contributed by atoms with van der Waals surface area (Å²) < 4.78 is 42.3. The Kier molecular flexibility index (Phi) is 3.90. The predicted molar refractivity (Wildman–Crippen MR) is 53.4 cm³/mol. The van der Waals surface area contributed by atoms with Gasteiger partial charge in [-0.3, -0.25) is 0 Å². The third-order valence-corrected chi connectivity index (χ3v) is 2.31. The molecule has 84 valence electrons. The van der Waals surface area contributed by atoms with Gasteiger partial charge in [0.15, 0.2) is 0 Å². The summed E-state index contributed by atoms with van der Waals surface area (Å²) in [6, 6.07) is 6.56. The van der Waals surface area contributed by atoms with Gasteiger partial charge in [-0.15, -0.1) is 3.89 Å². The highest BCUT2D eigenvalue weighted by atomic mass is 32.3. The van der Waals surface area contributed by atoms with E-state index < -0.39 is 16.0 Å². The van der Waals surface area contributed by atoms with E-state index in [9.17, 15) is 12.3 Å². The minimum absolute atomic E-state index is 0.203. The molecule has 0 aromatic heterocycles. The van der Waals surface area contributed by atoms with Crippen molar-refractivity contribution in [1.29, 1.82) is 0 Å². The van der Waals surface area contributed by atoms with Gasteiger partial charge in [0, 0.05) is 0 Å². The van der Waals surface area contributed by atoms with E-state index in [0.29, 0.717) is 11.5 Å². The van der Waals surface area contributed by atoms with Crippen LogP contribution in [0.2, 0.25) is 0 Å². The number of benzene rings is 1. The molecule has 6 heteroatoms. The zero-order chi connectivity index (χ0) is 11.3. The molecule has 0 atom stereocenters. The van der Waals surface area contributed by atoms with Crippen LogP contribution in [0.5, 0.6) is 11.5 Å². The monoisotopic (exact) mass is 234 g/mol. The van der Waals surface area contributed by atoms with Crippen LogP contribution in [-0.4, -0.2) is 27.9 Å². The molecule has 0 heterocycles. The summed E-state index contributed by atoms with van der Waals surface area (Å²) in [6.45, 7) is -0.203. The van der Waals surface area contributed by atoms with Crippen molar-refractivity contribution in [1.82, 2.24) is 0 Å². The second-order valence-electron chi connectivity index (χ2n) is 2.77. The van der Waals surface area contributed by atoms with E-state index in [-0.39, 0.29) is 6.61 Å². The first-order valence-corrected chi connectivity index (χ1v) is 5.76. The highest BCUT2D eigenvalue weighted by molar-refractivity contribution is 7.86. The summed E-state index contributed by atoms with van der Waals surface area (Å²) in [7, 11) is -2.92. The molecule has 15 heavy (non-hydrogen) atoms. The van der Waals surface area contributed by atoms with Crippen LogP contribution in [0.4, 0.5) is 3.89 Å². The SMILES string of the molecule is COc1ccc(OCCS(=O)(=O)F)cc1. The Balaban J connectivity index is 2.45. The number of rotatable bonds is 5. The lowest BCUT2D eigenvalue weighted by atomic mass is 10.3. The quantitative estimate of drug-likeness (QED) is 0.722. The van der Waals surface area contributed by atoms with E-state index in [1.807, 2.05) is 0 Å². The maximum Gasteiger partial charge on any atom is 0.305 e. The standard InChI is InChI=1S/C9H11FO4S/c1-13-8-2-4-9(5-3-8)14-6-7-15(10,11)12/h2-5H,6-7H2,1H3. The molecule has 0 fully saturated rings. The molecule has 0 spiro atoms. The number of halogens is 1. The van der Waals surface area contributed by atoms with E-state index in [2.05, 4.69) is 0 Å². The molecular formula is C9H11FO4S. The molecule has 0 radical (unpaired) electrons. The Morgan fingerprint density at radius 1 is 1.20 bits per heavy atom. The molecule has 0 amide bonds. The van der Waals surface area contributed by atoms with Crippen LogP contribution in [-0.2, 0) is 10.2 Å². The van der Waals surface area contributed by atoms with Crippen molar-refractivity contribution in [3.63, 3.8) is 0 Å². The van der Waals surface area contributed by atoms with E-state index in [1.54, 1.807) is 24.3 Å². The molecule has 0 aliphatic heterocycles. The number of ether oxygens (including phenoxy) is 2. The summed E-state index contributed by atoms with van der Waals surface area (Å²) >= 11 is 0. The number of methoxy groups -OCH3 is 1. The predicted octanol–water partition coefficient (Wildman–Crippen LogP) is 1.37.